The largest absolute Gasteiger partial charge is 0.481 e. The second-order valence-electron chi connectivity index (χ2n) is 4.83. The van der Waals surface area contributed by atoms with E-state index in [1.165, 1.54) is 6.33 Å². The SMILES string of the molecule is CC(C)n1ncnc1CC1(C(=O)O)CCC1. The van der Waals surface area contributed by atoms with Crippen LogP contribution in [0.1, 0.15) is 45.0 Å². The summed E-state index contributed by atoms with van der Waals surface area (Å²) in [5, 5.41) is 13.4. The van der Waals surface area contributed by atoms with Crippen LogP contribution < -0.4 is 0 Å². The van der Waals surface area contributed by atoms with E-state index in [9.17, 15) is 9.90 Å². The van der Waals surface area contributed by atoms with Gasteiger partial charge in [-0.05, 0) is 26.7 Å². The third kappa shape index (κ3) is 1.70. The summed E-state index contributed by atoms with van der Waals surface area (Å²) in [5.41, 5.74) is -0.584. The van der Waals surface area contributed by atoms with E-state index < -0.39 is 11.4 Å². The minimum Gasteiger partial charge on any atom is -0.481 e. The van der Waals surface area contributed by atoms with Crippen LogP contribution >= 0.6 is 0 Å². The Balaban J connectivity index is 2.20. The molecule has 5 heteroatoms. The molecule has 1 heterocycles. The van der Waals surface area contributed by atoms with Gasteiger partial charge >= 0.3 is 5.97 Å². The summed E-state index contributed by atoms with van der Waals surface area (Å²) >= 11 is 0. The molecule has 0 saturated heterocycles. The summed E-state index contributed by atoms with van der Waals surface area (Å²) in [6.07, 6.45) is 4.52. The minimum absolute atomic E-state index is 0.225. The van der Waals surface area contributed by atoms with Crippen LogP contribution in [0.3, 0.4) is 0 Å². The van der Waals surface area contributed by atoms with Crippen LogP contribution in [-0.4, -0.2) is 25.8 Å². The molecular formula is C11H17N3O2. The van der Waals surface area contributed by atoms with Crippen molar-refractivity contribution in [3.05, 3.63) is 12.2 Å². The summed E-state index contributed by atoms with van der Waals surface area (Å²) < 4.78 is 1.81. The number of carbonyl (C=O) groups is 1. The van der Waals surface area contributed by atoms with Crippen molar-refractivity contribution in [2.45, 2.75) is 45.6 Å². The van der Waals surface area contributed by atoms with Gasteiger partial charge in [-0.15, -0.1) is 0 Å². The molecule has 2 rings (SSSR count). The maximum atomic E-state index is 11.3. The van der Waals surface area contributed by atoms with Gasteiger partial charge in [-0.2, -0.15) is 5.10 Å². The Hall–Kier alpha value is -1.39. The van der Waals surface area contributed by atoms with Crippen molar-refractivity contribution >= 4 is 5.97 Å². The Morgan fingerprint density at radius 1 is 1.62 bits per heavy atom. The van der Waals surface area contributed by atoms with E-state index in [2.05, 4.69) is 10.1 Å². The number of hydrogen-bond acceptors (Lipinski definition) is 3. The highest BCUT2D eigenvalue weighted by Crippen LogP contribution is 2.43. The summed E-state index contributed by atoms with van der Waals surface area (Å²) in [7, 11) is 0. The number of carboxylic acids is 1. The molecule has 1 aromatic rings. The molecule has 0 unspecified atom stereocenters. The number of hydrogen-bond donors (Lipinski definition) is 1. The molecule has 1 fully saturated rings. The van der Waals surface area contributed by atoms with Crippen molar-refractivity contribution in [3.8, 4) is 0 Å². The van der Waals surface area contributed by atoms with Gasteiger partial charge < -0.3 is 5.11 Å². The monoisotopic (exact) mass is 223 g/mol. The summed E-state index contributed by atoms with van der Waals surface area (Å²) in [4.78, 5) is 15.4. The molecule has 0 radical (unpaired) electrons. The highest BCUT2D eigenvalue weighted by atomic mass is 16.4. The molecule has 0 bridgehead atoms. The average molecular weight is 223 g/mol. The molecule has 0 aliphatic heterocycles. The molecule has 0 aromatic carbocycles. The van der Waals surface area contributed by atoms with Crippen molar-refractivity contribution in [1.82, 2.24) is 14.8 Å². The standard InChI is InChI=1S/C11H17N3O2/c1-8(2)14-9(12-7-13-14)6-11(10(15)16)4-3-5-11/h7-8H,3-6H2,1-2H3,(H,15,16). The van der Waals surface area contributed by atoms with Crippen LogP contribution in [0.2, 0.25) is 0 Å². The van der Waals surface area contributed by atoms with E-state index in [1.54, 1.807) is 0 Å². The Bertz CT molecular complexity index is 394. The van der Waals surface area contributed by atoms with Crippen molar-refractivity contribution < 1.29 is 9.90 Å². The van der Waals surface area contributed by atoms with Crippen LogP contribution in [0.25, 0.3) is 0 Å². The Morgan fingerprint density at radius 2 is 2.31 bits per heavy atom. The van der Waals surface area contributed by atoms with Crippen LogP contribution in [0.4, 0.5) is 0 Å². The van der Waals surface area contributed by atoms with Crippen LogP contribution in [0.5, 0.6) is 0 Å². The molecule has 1 aromatic heterocycles. The molecule has 1 aliphatic rings. The molecule has 1 saturated carbocycles. The average Bonchev–Trinajstić information content (AvgIpc) is 2.58. The molecule has 88 valence electrons. The second kappa shape index (κ2) is 3.88. The Labute approximate surface area is 94.5 Å². The zero-order valence-electron chi connectivity index (χ0n) is 9.68. The van der Waals surface area contributed by atoms with Crippen molar-refractivity contribution in [2.75, 3.05) is 0 Å². The summed E-state index contributed by atoms with van der Waals surface area (Å²) in [6, 6.07) is 0.225. The second-order valence-corrected chi connectivity index (χ2v) is 4.83. The fraction of sp³-hybridized carbons (Fsp3) is 0.727. The lowest BCUT2D eigenvalue weighted by Crippen LogP contribution is -2.40. The lowest BCUT2D eigenvalue weighted by molar-refractivity contribution is -0.154. The number of aliphatic carboxylic acids is 1. The number of rotatable bonds is 4. The number of nitrogens with zero attached hydrogens (tertiary/aromatic N) is 3. The first-order valence-electron chi connectivity index (χ1n) is 5.67. The summed E-state index contributed by atoms with van der Waals surface area (Å²) in [5.74, 6) is 0.0918. The first kappa shape index (κ1) is 11.1. The van der Waals surface area contributed by atoms with Gasteiger partial charge in [0.05, 0.1) is 5.41 Å². The number of aromatic nitrogens is 3. The first-order valence-corrected chi connectivity index (χ1v) is 5.67. The molecule has 5 nitrogen and oxygen atoms in total. The van der Waals surface area contributed by atoms with Crippen LogP contribution in [-0.2, 0) is 11.2 Å². The number of carboxylic acid groups (broad SMARTS) is 1. The molecule has 1 aliphatic carbocycles. The maximum Gasteiger partial charge on any atom is 0.310 e. The van der Waals surface area contributed by atoms with Crippen LogP contribution in [0.15, 0.2) is 6.33 Å². The minimum atomic E-state index is -0.697. The van der Waals surface area contributed by atoms with E-state index in [0.717, 1.165) is 25.1 Å². The van der Waals surface area contributed by atoms with Crippen molar-refractivity contribution in [3.63, 3.8) is 0 Å². The highest BCUT2D eigenvalue weighted by molar-refractivity contribution is 5.76. The predicted octanol–water partition coefficient (Wildman–Crippen LogP) is 1.66. The fourth-order valence-corrected chi connectivity index (χ4v) is 2.20. The molecule has 16 heavy (non-hydrogen) atoms. The first-order chi connectivity index (χ1) is 7.55. The Kier molecular flexibility index (Phi) is 2.69. The molecule has 0 amide bonds. The summed E-state index contributed by atoms with van der Waals surface area (Å²) in [6.45, 7) is 4.04. The van der Waals surface area contributed by atoms with Gasteiger partial charge in [-0.1, -0.05) is 6.42 Å². The Morgan fingerprint density at radius 3 is 2.75 bits per heavy atom. The van der Waals surface area contributed by atoms with Gasteiger partial charge in [0.1, 0.15) is 12.2 Å². The molecule has 0 spiro atoms. The van der Waals surface area contributed by atoms with Gasteiger partial charge in [0.2, 0.25) is 0 Å². The van der Waals surface area contributed by atoms with E-state index in [0.29, 0.717) is 6.42 Å². The van der Waals surface area contributed by atoms with E-state index in [4.69, 9.17) is 0 Å². The van der Waals surface area contributed by atoms with Crippen molar-refractivity contribution in [1.29, 1.82) is 0 Å². The highest BCUT2D eigenvalue weighted by Gasteiger charge is 2.45. The van der Waals surface area contributed by atoms with Crippen molar-refractivity contribution in [2.24, 2.45) is 5.41 Å². The van der Waals surface area contributed by atoms with Gasteiger partial charge in [-0.25, -0.2) is 9.67 Å². The molecule has 0 atom stereocenters. The normalized spacial score (nSPS) is 18.4. The third-order valence-electron chi connectivity index (χ3n) is 3.40. The van der Waals surface area contributed by atoms with Gasteiger partial charge in [-0.3, -0.25) is 4.79 Å². The quantitative estimate of drug-likeness (QED) is 0.842. The lowest BCUT2D eigenvalue weighted by Gasteiger charge is -2.37. The smallest absolute Gasteiger partial charge is 0.310 e. The predicted molar refractivity (Wildman–Crippen MR) is 58.0 cm³/mol. The zero-order chi connectivity index (χ0) is 11.8. The fourth-order valence-electron chi connectivity index (χ4n) is 2.20. The zero-order valence-corrected chi connectivity index (χ0v) is 9.68. The topological polar surface area (TPSA) is 68.0 Å². The van der Waals surface area contributed by atoms with Crippen LogP contribution in [0, 0.1) is 5.41 Å². The lowest BCUT2D eigenvalue weighted by atomic mass is 9.66. The van der Waals surface area contributed by atoms with Gasteiger partial charge in [0.25, 0.3) is 0 Å². The van der Waals surface area contributed by atoms with E-state index in [-0.39, 0.29) is 6.04 Å². The maximum absolute atomic E-state index is 11.3. The van der Waals surface area contributed by atoms with E-state index >= 15 is 0 Å². The van der Waals surface area contributed by atoms with Gasteiger partial charge in [0, 0.05) is 12.5 Å². The molecular weight excluding hydrogens is 206 g/mol. The van der Waals surface area contributed by atoms with E-state index in [1.807, 2.05) is 18.5 Å². The molecule has 1 N–H and O–H groups in total. The van der Waals surface area contributed by atoms with Gasteiger partial charge in [0.15, 0.2) is 0 Å². The third-order valence-corrected chi connectivity index (χ3v) is 3.40.